The summed E-state index contributed by atoms with van der Waals surface area (Å²) in [5, 5.41) is 3.65. The number of nitrogens with zero attached hydrogens (tertiary/aromatic N) is 4. The molecule has 0 saturated heterocycles. The van der Waals surface area contributed by atoms with E-state index >= 15 is 0 Å². The van der Waals surface area contributed by atoms with Gasteiger partial charge in [0.25, 0.3) is 5.91 Å². The van der Waals surface area contributed by atoms with E-state index in [-0.39, 0.29) is 5.91 Å². The van der Waals surface area contributed by atoms with Crippen LogP contribution in [0.2, 0.25) is 0 Å². The van der Waals surface area contributed by atoms with Crippen LogP contribution in [0.15, 0.2) is 66.0 Å². The van der Waals surface area contributed by atoms with Crippen molar-refractivity contribution in [1.82, 2.24) is 14.9 Å². The number of aromatic nitrogens is 2. The molecule has 0 aliphatic carbocycles. The van der Waals surface area contributed by atoms with Crippen LogP contribution in [0.1, 0.15) is 36.7 Å². The van der Waals surface area contributed by atoms with Crippen LogP contribution in [-0.2, 0) is 6.42 Å². The average Bonchev–Trinajstić information content (AvgIpc) is 3.60. The zero-order chi connectivity index (χ0) is 25.1. The van der Waals surface area contributed by atoms with Gasteiger partial charge in [0, 0.05) is 18.5 Å². The molecule has 0 saturated carbocycles. The van der Waals surface area contributed by atoms with E-state index < -0.39 is 0 Å². The number of benzene rings is 2. The highest BCUT2D eigenvalue weighted by Crippen LogP contribution is 2.33. The van der Waals surface area contributed by atoms with Gasteiger partial charge in [-0.15, -0.1) is 11.3 Å². The molecule has 0 atom stereocenters. The van der Waals surface area contributed by atoms with Crippen LogP contribution in [-0.4, -0.2) is 47.0 Å². The number of aryl methyl sites for hydroxylation is 1. The number of anilines is 1. The highest BCUT2D eigenvalue weighted by atomic mass is 32.1. The summed E-state index contributed by atoms with van der Waals surface area (Å²) < 4.78 is 1.11. The van der Waals surface area contributed by atoms with Crippen LogP contribution in [0.5, 0.6) is 0 Å². The zero-order valence-electron chi connectivity index (χ0n) is 20.9. The maximum absolute atomic E-state index is 14.3. The molecular formula is C29H30N4OS2. The molecule has 0 N–H and O–H groups in total. The van der Waals surface area contributed by atoms with E-state index in [0.717, 1.165) is 62.9 Å². The zero-order valence-corrected chi connectivity index (χ0v) is 22.5. The normalized spacial score (nSPS) is 11.6. The Kier molecular flexibility index (Phi) is 7.41. The van der Waals surface area contributed by atoms with Crippen LogP contribution in [0.25, 0.3) is 31.7 Å². The Labute approximate surface area is 220 Å². The maximum atomic E-state index is 14.3. The smallest absolute Gasteiger partial charge is 0.260 e. The van der Waals surface area contributed by atoms with E-state index in [1.54, 1.807) is 22.7 Å². The number of thiophene rings is 1. The molecule has 3 heterocycles. The van der Waals surface area contributed by atoms with Gasteiger partial charge in [0.05, 0.1) is 31.9 Å². The molecule has 5 nitrogen and oxygen atoms in total. The Balaban J connectivity index is 1.61. The molecule has 0 aliphatic rings. The molecule has 0 bridgehead atoms. The quantitative estimate of drug-likeness (QED) is 0.210. The Morgan fingerprint density at radius 2 is 1.72 bits per heavy atom. The van der Waals surface area contributed by atoms with Crippen LogP contribution in [0.4, 0.5) is 5.13 Å². The summed E-state index contributed by atoms with van der Waals surface area (Å²) in [5.41, 5.74) is 4.53. The summed E-state index contributed by atoms with van der Waals surface area (Å²) in [6.07, 6.45) is 0.974. The first kappa shape index (κ1) is 24.6. The Morgan fingerprint density at radius 3 is 2.47 bits per heavy atom. The van der Waals surface area contributed by atoms with Gasteiger partial charge in [-0.05, 0) is 60.8 Å². The average molecular weight is 515 g/mol. The van der Waals surface area contributed by atoms with Gasteiger partial charge in [-0.1, -0.05) is 62.4 Å². The summed E-state index contributed by atoms with van der Waals surface area (Å²) in [6.45, 7) is 9.72. The second-order valence-corrected chi connectivity index (χ2v) is 10.6. The molecule has 5 aromatic rings. The Bertz CT molecular complexity index is 1490. The van der Waals surface area contributed by atoms with Gasteiger partial charge in [0.15, 0.2) is 5.13 Å². The molecular weight excluding hydrogens is 484 g/mol. The standard InChI is InChI=1S/C29H30N4OS2/c1-4-20-13-14-24-27(18-20)36-29(31-24)33(16-15-32(5-2)6-3)28(34)22-19-25(26-12-9-17-35-26)30-23-11-8-7-10-21(22)23/h7-14,17-19H,4-6,15-16H2,1-3H3. The monoisotopic (exact) mass is 514 g/mol. The Morgan fingerprint density at radius 1 is 0.889 bits per heavy atom. The number of likely N-dealkylation sites (N-methyl/N-ethyl adjacent to an activating group) is 1. The first-order chi connectivity index (χ1) is 17.6. The summed E-state index contributed by atoms with van der Waals surface area (Å²) in [4.78, 5) is 29.4. The summed E-state index contributed by atoms with van der Waals surface area (Å²) in [5.74, 6) is -0.0340. The minimum Gasteiger partial charge on any atom is -0.302 e. The van der Waals surface area contributed by atoms with Crippen molar-refractivity contribution in [3.05, 3.63) is 77.2 Å². The molecule has 0 unspecified atom stereocenters. The minimum absolute atomic E-state index is 0.0340. The van der Waals surface area contributed by atoms with Crippen molar-refractivity contribution in [1.29, 1.82) is 0 Å². The summed E-state index contributed by atoms with van der Waals surface area (Å²) in [7, 11) is 0. The fraction of sp³-hybridized carbons (Fsp3) is 0.276. The van der Waals surface area contributed by atoms with Gasteiger partial charge in [0.2, 0.25) is 0 Å². The molecule has 3 aromatic heterocycles. The lowest BCUT2D eigenvalue weighted by atomic mass is 10.1. The van der Waals surface area contributed by atoms with E-state index in [1.165, 1.54) is 5.56 Å². The van der Waals surface area contributed by atoms with E-state index in [4.69, 9.17) is 9.97 Å². The largest absolute Gasteiger partial charge is 0.302 e. The highest BCUT2D eigenvalue weighted by Gasteiger charge is 2.25. The highest BCUT2D eigenvalue weighted by molar-refractivity contribution is 7.22. The Hall–Kier alpha value is -3.13. The number of rotatable bonds is 9. The molecule has 5 rings (SSSR count). The molecule has 1 amide bonds. The molecule has 0 fully saturated rings. The van der Waals surface area contributed by atoms with Gasteiger partial charge in [-0.3, -0.25) is 9.69 Å². The van der Waals surface area contributed by atoms with Crippen molar-refractivity contribution < 1.29 is 4.79 Å². The van der Waals surface area contributed by atoms with Crippen molar-refractivity contribution >= 4 is 54.8 Å². The number of amides is 1. The second kappa shape index (κ2) is 10.9. The SMILES string of the molecule is CCc1ccc2nc(N(CCN(CC)CC)C(=O)c3cc(-c4cccs4)nc4ccccc34)sc2c1. The van der Waals surface area contributed by atoms with Crippen molar-refractivity contribution in [2.45, 2.75) is 27.2 Å². The first-order valence-corrected chi connectivity index (χ1v) is 14.2. The lowest BCUT2D eigenvalue weighted by Gasteiger charge is -2.25. The molecule has 0 aliphatic heterocycles. The maximum Gasteiger partial charge on any atom is 0.260 e. The second-order valence-electron chi connectivity index (χ2n) is 8.69. The number of thiazole rings is 1. The number of pyridine rings is 1. The van der Waals surface area contributed by atoms with Gasteiger partial charge >= 0.3 is 0 Å². The molecule has 184 valence electrons. The van der Waals surface area contributed by atoms with Crippen LogP contribution in [0, 0.1) is 0 Å². The van der Waals surface area contributed by atoms with E-state index in [0.29, 0.717) is 12.1 Å². The first-order valence-electron chi connectivity index (χ1n) is 12.5. The van der Waals surface area contributed by atoms with Crippen LogP contribution < -0.4 is 4.90 Å². The van der Waals surface area contributed by atoms with Gasteiger partial charge < -0.3 is 4.90 Å². The fourth-order valence-corrected chi connectivity index (χ4v) is 6.15. The van der Waals surface area contributed by atoms with Crippen molar-refractivity contribution in [3.63, 3.8) is 0 Å². The van der Waals surface area contributed by atoms with Gasteiger partial charge in [-0.25, -0.2) is 9.97 Å². The van der Waals surface area contributed by atoms with Crippen molar-refractivity contribution in [2.75, 3.05) is 31.1 Å². The van der Waals surface area contributed by atoms with Crippen molar-refractivity contribution in [2.24, 2.45) is 0 Å². The van der Waals surface area contributed by atoms with Crippen molar-refractivity contribution in [3.8, 4) is 10.6 Å². The third-order valence-electron chi connectivity index (χ3n) is 6.58. The lowest BCUT2D eigenvalue weighted by molar-refractivity contribution is 0.0985. The van der Waals surface area contributed by atoms with Gasteiger partial charge in [-0.2, -0.15) is 0 Å². The van der Waals surface area contributed by atoms with E-state index in [9.17, 15) is 4.79 Å². The number of carbonyl (C=O) groups excluding carboxylic acids is 1. The third-order valence-corrected chi connectivity index (χ3v) is 8.51. The summed E-state index contributed by atoms with van der Waals surface area (Å²) in [6, 6.07) is 20.3. The predicted molar refractivity (Wildman–Crippen MR) is 154 cm³/mol. The summed E-state index contributed by atoms with van der Waals surface area (Å²) >= 11 is 3.23. The third kappa shape index (κ3) is 4.91. The predicted octanol–water partition coefficient (Wildman–Crippen LogP) is 7.12. The number of fused-ring (bicyclic) bond motifs is 2. The lowest BCUT2D eigenvalue weighted by Crippen LogP contribution is -2.39. The number of carbonyl (C=O) groups is 1. The fourth-order valence-electron chi connectivity index (χ4n) is 4.41. The molecule has 7 heteroatoms. The minimum atomic E-state index is -0.0340. The van der Waals surface area contributed by atoms with Gasteiger partial charge in [0.1, 0.15) is 0 Å². The number of hydrogen-bond acceptors (Lipinski definition) is 6. The molecule has 0 radical (unpaired) electrons. The van der Waals surface area contributed by atoms with Crippen LogP contribution in [0.3, 0.4) is 0 Å². The van der Waals surface area contributed by atoms with Crippen LogP contribution >= 0.6 is 22.7 Å². The number of para-hydroxylation sites is 1. The molecule has 36 heavy (non-hydrogen) atoms. The topological polar surface area (TPSA) is 49.3 Å². The van der Waals surface area contributed by atoms with E-state index in [1.807, 2.05) is 52.7 Å². The molecule has 0 spiro atoms. The van der Waals surface area contributed by atoms with E-state index in [2.05, 4.69) is 43.9 Å². The molecule has 2 aromatic carbocycles. The number of hydrogen-bond donors (Lipinski definition) is 0.